The Kier molecular flexibility index (Phi) is 5.65. The molecule has 1 aromatic carbocycles. The van der Waals surface area contributed by atoms with Crippen molar-refractivity contribution in [3.8, 4) is 5.75 Å². The maximum atomic E-state index is 11.5. The van der Waals surface area contributed by atoms with Crippen LogP contribution in [0.5, 0.6) is 5.75 Å². The quantitative estimate of drug-likeness (QED) is 0.807. The molecule has 4 nitrogen and oxygen atoms in total. The average molecular weight is 270 g/mol. The highest BCUT2D eigenvalue weighted by molar-refractivity contribution is 6.32. The predicted molar refractivity (Wildman–Crippen MR) is 70.2 cm³/mol. The van der Waals surface area contributed by atoms with Crippen molar-refractivity contribution >= 4 is 23.8 Å². The van der Waals surface area contributed by atoms with Crippen molar-refractivity contribution in [2.24, 2.45) is 0 Å². The summed E-state index contributed by atoms with van der Waals surface area (Å²) in [7, 11) is 0. The summed E-state index contributed by atoms with van der Waals surface area (Å²) in [5, 5.41) is 3.09. The van der Waals surface area contributed by atoms with Gasteiger partial charge < -0.3 is 10.1 Å². The van der Waals surface area contributed by atoms with Crippen LogP contribution in [-0.2, 0) is 4.79 Å². The van der Waals surface area contributed by atoms with Crippen LogP contribution in [0.4, 0.5) is 0 Å². The van der Waals surface area contributed by atoms with Crippen molar-refractivity contribution in [1.29, 1.82) is 0 Å². The molecular weight excluding hydrogens is 254 g/mol. The van der Waals surface area contributed by atoms with Crippen LogP contribution in [0.2, 0.25) is 5.02 Å². The second kappa shape index (κ2) is 7.01. The number of amides is 1. The van der Waals surface area contributed by atoms with Gasteiger partial charge >= 0.3 is 0 Å². The van der Waals surface area contributed by atoms with Crippen LogP contribution in [0.1, 0.15) is 30.6 Å². The Morgan fingerprint density at radius 1 is 1.56 bits per heavy atom. The van der Waals surface area contributed by atoms with E-state index in [9.17, 15) is 9.59 Å². The number of carbonyl (C=O) groups excluding carboxylic acids is 2. The van der Waals surface area contributed by atoms with E-state index in [0.29, 0.717) is 22.6 Å². The second-order valence-electron chi connectivity index (χ2n) is 3.97. The van der Waals surface area contributed by atoms with Gasteiger partial charge in [0.15, 0.2) is 6.61 Å². The highest BCUT2D eigenvalue weighted by atomic mass is 35.5. The van der Waals surface area contributed by atoms with Crippen molar-refractivity contribution in [3.05, 3.63) is 28.8 Å². The summed E-state index contributed by atoms with van der Waals surface area (Å²) in [4.78, 5) is 22.0. The van der Waals surface area contributed by atoms with Gasteiger partial charge in [-0.3, -0.25) is 9.59 Å². The third kappa shape index (κ3) is 4.37. The topological polar surface area (TPSA) is 55.4 Å². The molecular formula is C13H16ClNO3. The lowest BCUT2D eigenvalue weighted by Gasteiger charge is -2.12. The zero-order valence-electron chi connectivity index (χ0n) is 10.4. The van der Waals surface area contributed by atoms with E-state index in [1.54, 1.807) is 12.1 Å². The molecule has 1 aromatic rings. The Balaban J connectivity index is 2.53. The van der Waals surface area contributed by atoms with Gasteiger partial charge in [-0.15, -0.1) is 0 Å². The van der Waals surface area contributed by atoms with E-state index >= 15 is 0 Å². The van der Waals surface area contributed by atoms with Gasteiger partial charge in [0.2, 0.25) is 0 Å². The summed E-state index contributed by atoms with van der Waals surface area (Å²) in [5.74, 6) is 0.196. The van der Waals surface area contributed by atoms with Crippen LogP contribution < -0.4 is 10.1 Å². The molecule has 0 heterocycles. The summed E-state index contributed by atoms with van der Waals surface area (Å²) in [6.45, 7) is 3.81. The third-order valence-electron chi connectivity index (χ3n) is 2.47. The molecule has 18 heavy (non-hydrogen) atoms. The summed E-state index contributed by atoms with van der Waals surface area (Å²) in [6, 6.07) is 4.77. The molecule has 1 unspecified atom stereocenters. The first kappa shape index (κ1) is 14.5. The van der Waals surface area contributed by atoms with Crippen molar-refractivity contribution in [2.75, 3.05) is 6.61 Å². The molecule has 98 valence electrons. The molecule has 1 atom stereocenters. The van der Waals surface area contributed by atoms with Crippen LogP contribution in [0.15, 0.2) is 18.2 Å². The molecule has 0 aromatic heterocycles. The van der Waals surface area contributed by atoms with Crippen molar-refractivity contribution in [2.45, 2.75) is 26.3 Å². The fraction of sp³-hybridized carbons (Fsp3) is 0.385. The molecule has 0 bridgehead atoms. The first-order chi connectivity index (χ1) is 8.56. The summed E-state index contributed by atoms with van der Waals surface area (Å²) in [6.07, 6.45) is 1.56. The van der Waals surface area contributed by atoms with Crippen molar-refractivity contribution in [3.63, 3.8) is 0 Å². The monoisotopic (exact) mass is 269 g/mol. The molecule has 0 aliphatic heterocycles. The molecule has 1 rings (SSSR count). The van der Waals surface area contributed by atoms with Crippen LogP contribution in [-0.4, -0.2) is 24.8 Å². The summed E-state index contributed by atoms with van der Waals surface area (Å²) in [5.41, 5.74) is 0.469. The Hall–Kier alpha value is -1.55. The molecule has 1 N–H and O–H groups in total. The number of benzene rings is 1. The molecule has 5 heteroatoms. The van der Waals surface area contributed by atoms with Crippen LogP contribution in [0, 0.1) is 0 Å². The Labute approximate surface area is 111 Å². The van der Waals surface area contributed by atoms with E-state index in [0.717, 1.165) is 6.42 Å². The smallest absolute Gasteiger partial charge is 0.258 e. The zero-order chi connectivity index (χ0) is 13.5. The van der Waals surface area contributed by atoms with Gasteiger partial charge in [-0.1, -0.05) is 18.5 Å². The zero-order valence-corrected chi connectivity index (χ0v) is 11.2. The van der Waals surface area contributed by atoms with Crippen LogP contribution >= 0.6 is 11.6 Å². The third-order valence-corrected chi connectivity index (χ3v) is 2.77. The van der Waals surface area contributed by atoms with Crippen molar-refractivity contribution in [1.82, 2.24) is 5.32 Å². The van der Waals surface area contributed by atoms with E-state index in [1.165, 1.54) is 6.07 Å². The fourth-order valence-corrected chi connectivity index (χ4v) is 1.51. The Morgan fingerprint density at radius 2 is 2.28 bits per heavy atom. The van der Waals surface area contributed by atoms with Gasteiger partial charge in [0.1, 0.15) is 12.0 Å². The fourth-order valence-electron chi connectivity index (χ4n) is 1.27. The SMILES string of the molecule is CCC(C)NC(=O)COc1ccc(C=O)cc1Cl. The number of halogens is 1. The summed E-state index contributed by atoms with van der Waals surface area (Å²) < 4.78 is 5.28. The van der Waals surface area contributed by atoms with Gasteiger partial charge in [0.25, 0.3) is 5.91 Å². The largest absolute Gasteiger partial charge is 0.482 e. The second-order valence-corrected chi connectivity index (χ2v) is 4.38. The maximum Gasteiger partial charge on any atom is 0.258 e. The molecule has 1 amide bonds. The van der Waals surface area contributed by atoms with Gasteiger partial charge in [-0.05, 0) is 31.5 Å². The molecule has 0 radical (unpaired) electrons. The highest BCUT2D eigenvalue weighted by Gasteiger charge is 2.08. The molecule has 0 aliphatic rings. The van der Waals surface area contributed by atoms with Gasteiger partial charge in [-0.2, -0.15) is 0 Å². The lowest BCUT2D eigenvalue weighted by Crippen LogP contribution is -2.35. The van der Waals surface area contributed by atoms with Crippen molar-refractivity contribution < 1.29 is 14.3 Å². The molecule has 0 aliphatic carbocycles. The lowest BCUT2D eigenvalue weighted by atomic mass is 10.2. The predicted octanol–water partition coefficient (Wildman–Crippen LogP) is 2.45. The first-order valence-corrected chi connectivity index (χ1v) is 6.11. The number of aldehydes is 1. The minimum atomic E-state index is -0.195. The number of carbonyl (C=O) groups is 2. The van der Waals surface area contributed by atoms with E-state index < -0.39 is 0 Å². The van der Waals surface area contributed by atoms with Gasteiger partial charge in [-0.25, -0.2) is 0 Å². The Bertz CT molecular complexity index is 434. The molecule has 0 saturated heterocycles. The molecule has 0 spiro atoms. The lowest BCUT2D eigenvalue weighted by molar-refractivity contribution is -0.123. The molecule has 0 fully saturated rings. The van der Waals surface area contributed by atoms with Crippen LogP contribution in [0.25, 0.3) is 0 Å². The van der Waals surface area contributed by atoms with Crippen LogP contribution in [0.3, 0.4) is 0 Å². The number of hydrogen-bond acceptors (Lipinski definition) is 3. The first-order valence-electron chi connectivity index (χ1n) is 5.73. The van der Waals surface area contributed by atoms with Gasteiger partial charge in [0.05, 0.1) is 5.02 Å². The van der Waals surface area contributed by atoms with Gasteiger partial charge in [0, 0.05) is 11.6 Å². The van der Waals surface area contributed by atoms with E-state index in [4.69, 9.17) is 16.3 Å². The highest BCUT2D eigenvalue weighted by Crippen LogP contribution is 2.24. The number of nitrogens with one attached hydrogen (secondary N) is 1. The van der Waals surface area contributed by atoms with E-state index in [2.05, 4.69) is 5.32 Å². The summed E-state index contributed by atoms with van der Waals surface area (Å²) >= 11 is 5.91. The maximum absolute atomic E-state index is 11.5. The van der Waals surface area contributed by atoms with E-state index in [-0.39, 0.29) is 18.6 Å². The minimum Gasteiger partial charge on any atom is -0.482 e. The number of hydrogen-bond donors (Lipinski definition) is 1. The standard InChI is InChI=1S/C13H16ClNO3/c1-3-9(2)15-13(17)8-18-12-5-4-10(7-16)6-11(12)14/h4-7,9H,3,8H2,1-2H3,(H,15,17). The average Bonchev–Trinajstić information content (AvgIpc) is 2.36. The minimum absolute atomic E-state index is 0.0928. The molecule has 0 saturated carbocycles. The Morgan fingerprint density at radius 3 is 2.83 bits per heavy atom. The normalized spacial score (nSPS) is 11.7. The van der Waals surface area contributed by atoms with E-state index in [1.807, 2.05) is 13.8 Å². The number of rotatable bonds is 6. The number of ether oxygens (including phenoxy) is 1.